The Kier molecular flexibility index (Phi) is 6.63. The lowest BCUT2D eigenvalue weighted by Gasteiger charge is -2.27. The number of nitrogens with zero attached hydrogens (tertiary/aromatic N) is 3. The van der Waals surface area contributed by atoms with Crippen molar-refractivity contribution in [2.24, 2.45) is 4.99 Å². The number of hydrogen-bond donors (Lipinski definition) is 0. The lowest BCUT2D eigenvalue weighted by Crippen LogP contribution is -2.38. The van der Waals surface area contributed by atoms with E-state index in [0.29, 0.717) is 0 Å². The number of hydrogen-bond acceptors (Lipinski definition) is 3. The van der Waals surface area contributed by atoms with Gasteiger partial charge in [-0.1, -0.05) is 74.0 Å². The van der Waals surface area contributed by atoms with Crippen molar-refractivity contribution in [2.45, 2.75) is 32.9 Å². The van der Waals surface area contributed by atoms with Gasteiger partial charge >= 0.3 is 0 Å². The third-order valence-electron chi connectivity index (χ3n) is 4.67. The summed E-state index contributed by atoms with van der Waals surface area (Å²) in [5.41, 5.74) is 2.72. The first-order valence-electron chi connectivity index (χ1n) is 9.43. The Labute approximate surface area is 152 Å². The summed E-state index contributed by atoms with van der Waals surface area (Å²) in [4.78, 5) is 9.78. The molecule has 0 unspecified atom stereocenters. The van der Waals surface area contributed by atoms with Crippen molar-refractivity contribution >= 4 is 5.84 Å². The van der Waals surface area contributed by atoms with Gasteiger partial charge in [0.25, 0.3) is 0 Å². The van der Waals surface area contributed by atoms with Crippen LogP contribution in [-0.4, -0.2) is 41.8 Å². The van der Waals surface area contributed by atoms with Crippen LogP contribution in [0.4, 0.5) is 0 Å². The average Bonchev–Trinajstić information content (AvgIpc) is 3.08. The number of rotatable bonds is 9. The molecular weight excluding hydrogens is 306 g/mol. The van der Waals surface area contributed by atoms with E-state index < -0.39 is 0 Å². The van der Waals surface area contributed by atoms with Gasteiger partial charge in [0.05, 0.1) is 13.1 Å². The van der Waals surface area contributed by atoms with Crippen molar-refractivity contribution < 1.29 is 0 Å². The van der Waals surface area contributed by atoms with Gasteiger partial charge in [-0.3, -0.25) is 9.89 Å². The quantitative estimate of drug-likeness (QED) is 0.684. The average molecular weight is 335 g/mol. The Morgan fingerprint density at radius 2 is 1.48 bits per heavy atom. The van der Waals surface area contributed by atoms with Gasteiger partial charge in [-0.25, -0.2) is 0 Å². The molecule has 0 spiro atoms. The maximum atomic E-state index is 4.79. The fourth-order valence-electron chi connectivity index (χ4n) is 3.32. The first-order valence-corrected chi connectivity index (χ1v) is 9.43. The minimum atomic E-state index is 0.924. The predicted octanol–water partition coefficient (Wildman–Crippen LogP) is 4.20. The molecule has 0 aliphatic carbocycles. The molecule has 0 aromatic heterocycles. The van der Waals surface area contributed by atoms with Crippen molar-refractivity contribution in [2.75, 3.05) is 26.2 Å². The van der Waals surface area contributed by atoms with Crippen LogP contribution in [0.15, 0.2) is 65.7 Å². The van der Waals surface area contributed by atoms with E-state index in [1.807, 2.05) is 0 Å². The van der Waals surface area contributed by atoms with Gasteiger partial charge in [0.2, 0.25) is 0 Å². The topological polar surface area (TPSA) is 18.8 Å². The summed E-state index contributed by atoms with van der Waals surface area (Å²) >= 11 is 0. The fourth-order valence-corrected chi connectivity index (χ4v) is 3.32. The molecule has 0 saturated heterocycles. The van der Waals surface area contributed by atoms with Crippen LogP contribution >= 0.6 is 0 Å². The third-order valence-corrected chi connectivity index (χ3v) is 4.67. The number of amidine groups is 1. The van der Waals surface area contributed by atoms with Crippen LogP contribution < -0.4 is 0 Å². The van der Waals surface area contributed by atoms with Gasteiger partial charge in [-0.2, -0.15) is 0 Å². The normalized spacial score (nSPS) is 14.2. The van der Waals surface area contributed by atoms with E-state index in [2.05, 4.69) is 77.4 Å². The first kappa shape index (κ1) is 17.7. The van der Waals surface area contributed by atoms with Crippen LogP contribution in [0.25, 0.3) is 0 Å². The zero-order valence-corrected chi connectivity index (χ0v) is 15.3. The van der Waals surface area contributed by atoms with Crippen LogP contribution in [0, 0.1) is 0 Å². The highest BCUT2D eigenvalue weighted by Crippen LogP contribution is 2.13. The molecule has 2 aromatic carbocycles. The molecule has 1 aliphatic heterocycles. The Balaban J connectivity index is 1.69. The minimum Gasteiger partial charge on any atom is -0.357 e. The lowest BCUT2D eigenvalue weighted by atomic mass is 10.1. The Bertz CT molecular complexity index is 610. The van der Waals surface area contributed by atoms with E-state index in [1.165, 1.54) is 29.8 Å². The summed E-state index contributed by atoms with van der Waals surface area (Å²) in [5, 5.41) is 0. The van der Waals surface area contributed by atoms with Gasteiger partial charge in [0.15, 0.2) is 0 Å². The van der Waals surface area contributed by atoms with E-state index in [-0.39, 0.29) is 0 Å². The number of benzene rings is 2. The van der Waals surface area contributed by atoms with E-state index in [0.717, 1.165) is 39.3 Å². The molecule has 3 heteroatoms. The highest BCUT2D eigenvalue weighted by Gasteiger charge is 2.19. The molecule has 3 rings (SSSR count). The number of aliphatic imine (C=N–C) groups is 1. The largest absolute Gasteiger partial charge is 0.357 e. The molecule has 0 fully saturated rings. The van der Waals surface area contributed by atoms with Crippen molar-refractivity contribution in [1.82, 2.24) is 9.80 Å². The maximum Gasteiger partial charge on any atom is 0.113 e. The summed E-state index contributed by atoms with van der Waals surface area (Å²) in [6.45, 7) is 8.26. The summed E-state index contributed by atoms with van der Waals surface area (Å²) in [6.07, 6.45) is 2.48. The van der Waals surface area contributed by atoms with Gasteiger partial charge in [0, 0.05) is 26.2 Å². The smallest absolute Gasteiger partial charge is 0.113 e. The number of unbranched alkanes of at least 4 members (excludes halogenated alkanes) is 1. The van der Waals surface area contributed by atoms with Crippen LogP contribution in [0.1, 0.15) is 30.9 Å². The Morgan fingerprint density at radius 3 is 2.04 bits per heavy atom. The molecule has 0 atom stereocenters. The molecule has 3 nitrogen and oxygen atoms in total. The molecule has 0 radical (unpaired) electrons. The van der Waals surface area contributed by atoms with E-state index >= 15 is 0 Å². The lowest BCUT2D eigenvalue weighted by molar-refractivity contribution is 0.282. The maximum absolute atomic E-state index is 4.79. The summed E-state index contributed by atoms with van der Waals surface area (Å²) < 4.78 is 0. The van der Waals surface area contributed by atoms with Crippen LogP contribution in [-0.2, 0) is 13.1 Å². The van der Waals surface area contributed by atoms with E-state index in [1.54, 1.807) is 0 Å². The van der Waals surface area contributed by atoms with Gasteiger partial charge in [-0.15, -0.1) is 0 Å². The molecular formula is C22H29N3. The molecule has 0 bridgehead atoms. The van der Waals surface area contributed by atoms with Crippen LogP contribution in [0.2, 0.25) is 0 Å². The molecule has 25 heavy (non-hydrogen) atoms. The minimum absolute atomic E-state index is 0.924. The standard InChI is InChI=1S/C22H29N3/c1-2-3-15-25-16-14-23-22(25)19-24(17-20-10-6-4-7-11-20)18-21-12-8-5-9-13-21/h4-13H,2-3,14-19H2,1H3. The highest BCUT2D eigenvalue weighted by molar-refractivity contribution is 5.85. The summed E-state index contributed by atoms with van der Waals surface area (Å²) in [7, 11) is 0. The Hall–Kier alpha value is -2.13. The zero-order chi connectivity index (χ0) is 17.3. The predicted molar refractivity (Wildman–Crippen MR) is 106 cm³/mol. The van der Waals surface area contributed by atoms with Crippen molar-refractivity contribution in [3.05, 3.63) is 71.8 Å². The monoisotopic (exact) mass is 335 g/mol. The van der Waals surface area contributed by atoms with E-state index in [4.69, 9.17) is 4.99 Å². The second-order valence-electron chi connectivity index (χ2n) is 6.75. The third kappa shape index (κ3) is 5.43. The van der Waals surface area contributed by atoms with Gasteiger partial charge in [-0.05, 0) is 17.5 Å². The molecule has 0 N–H and O–H groups in total. The molecule has 0 saturated carbocycles. The van der Waals surface area contributed by atoms with Crippen molar-refractivity contribution in [1.29, 1.82) is 0 Å². The molecule has 132 valence electrons. The van der Waals surface area contributed by atoms with E-state index in [9.17, 15) is 0 Å². The first-order chi connectivity index (χ1) is 12.3. The molecule has 1 aliphatic rings. The summed E-state index contributed by atoms with van der Waals surface area (Å²) in [6, 6.07) is 21.5. The zero-order valence-electron chi connectivity index (χ0n) is 15.3. The van der Waals surface area contributed by atoms with Gasteiger partial charge in [0.1, 0.15) is 5.84 Å². The van der Waals surface area contributed by atoms with Gasteiger partial charge < -0.3 is 4.90 Å². The Morgan fingerprint density at radius 1 is 0.880 bits per heavy atom. The second kappa shape index (κ2) is 9.38. The fraction of sp³-hybridized carbons (Fsp3) is 0.409. The molecule has 1 heterocycles. The summed E-state index contributed by atoms with van der Waals surface area (Å²) in [5.74, 6) is 1.26. The van der Waals surface area contributed by atoms with Crippen LogP contribution in [0.5, 0.6) is 0 Å². The second-order valence-corrected chi connectivity index (χ2v) is 6.75. The van der Waals surface area contributed by atoms with Crippen molar-refractivity contribution in [3.8, 4) is 0 Å². The SMILES string of the molecule is CCCCN1CCN=C1CN(Cc1ccccc1)Cc1ccccc1. The molecule has 0 amide bonds. The highest BCUT2D eigenvalue weighted by atomic mass is 15.3. The van der Waals surface area contributed by atoms with Crippen LogP contribution in [0.3, 0.4) is 0 Å². The van der Waals surface area contributed by atoms with Crippen molar-refractivity contribution in [3.63, 3.8) is 0 Å². The molecule has 2 aromatic rings.